The van der Waals surface area contributed by atoms with E-state index in [0.29, 0.717) is 11.4 Å². The van der Waals surface area contributed by atoms with E-state index in [1.807, 2.05) is 42.9 Å². The van der Waals surface area contributed by atoms with Crippen LogP contribution in [0.3, 0.4) is 0 Å². The van der Waals surface area contributed by atoms with Gasteiger partial charge in [-0.1, -0.05) is 6.07 Å². The fourth-order valence-electron chi connectivity index (χ4n) is 2.24. The Morgan fingerprint density at radius 3 is 2.91 bits per heavy atom. The zero-order chi connectivity index (χ0) is 15.5. The molecule has 0 unspecified atom stereocenters. The largest absolute Gasteiger partial charge is 0.484 e. The highest BCUT2D eigenvalue weighted by Crippen LogP contribution is 2.30. The van der Waals surface area contributed by atoms with E-state index in [-0.39, 0.29) is 12.5 Å². The van der Waals surface area contributed by atoms with Crippen molar-refractivity contribution in [3.05, 3.63) is 41.7 Å². The molecule has 116 valence electrons. The molecule has 1 heterocycles. The molecule has 0 bridgehead atoms. The maximum absolute atomic E-state index is 11.9. The number of ether oxygens (including phenoxy) is 1. The lowest BCUT2D eigenvalue weighted by Gasteiger charge is -2.08. The summed E-state index contributed by atoms with van der Waals surface area (Å²) in [4.78, 5) is 11.9. The molecule has 1 aliphatic carbocycles. The van der Waals surface area contributed by atoms with Crippen LogP contribution in [0.25, 0.3) is 0 Å². The van der Waals surface area contributed by atoms with Crippen LogP contribution in [-0.4, -0.2) is 22.3 Å². The quantitative estimate of drug-likeness (QED) is 0.892. The molecule has 1 aliphatic rings. The average molecular weight is 299 g/mol. The predicted octanol–water partition coefficient (Wildman–Crippen LogP) is 2.93. The Balaban J connectivity index is 1.49. The van der Waals surface area contributed by atoms with Crippen molar-refractivity contribution in [2.24, 2.45) is 5.92 Å². The van der Waals surface area contributed by atoms with Gasteiger partial charge in [0.05, 0.1) is 11.9 Å². The first-order chi connectivity index (χ1) is 10.6. The van der Waals surface area contributed by atoms with E-state index in [9.17, 15) is 4.79 Å². The Kier molecular flexibility index (Phi) is 4.13. The van der Waals surface area contributed by atoms with Crippen molar-refractivity contribution in [1.82, 2.24) is 9.78 Å². The van der Waals surface area contributed by atoms with Gasteiger partial charge in [-0.15, -0.1) is 0 Å². The Morgan fingerprint density at radius 2 is 2.18 bits per heavy atom. The lowest BCUT2D eigenvalue weighted by atomic mass is 10.1. The third-order valence-electron chi connectivity index (χ3n) is 3.91. The highest BCUT2D eigenvalue weighted by atomic mass is 16.5. The van der Waals surface area contributed by atoms with Gasteiger partial charge in [0.2, 0.25) is 0 Å². The zero-order valence-corrected chi connectivity index (χ0v) is 13.0. The first-order valence-electron chi connectivity index (χ1n) is 7.62. The molecule has 0 radical (unpaired) electrons. The molecule has 2 aromatic rings. The molecule has 0 aliphatic heterocycles. The van der Waals surface area contributed by atoms with Gasteiger partial charge in [-0.2, -0.15) is 5.10 Å². The molecule has 1 aromatic heterocycles. The minimum Gasteiger partial charge on any atom is -0.484 e. The van der Waals surface area contributed by atoms with Crippen molar-refractivity contribution in [2.45, 2.75) is 33.2 Å². The average Bonchev–Trinajstić information content (AvgIpc) is 3.19. The van der Waals surface area contributed by atoms with Crippen LogP contribution in [0.2, 0.25) is 0 Å². The summed E-state index contributed by atoms with van der Waals surface area (Å²) in [7, 11) is 0. The summed E-state index contributed by atoms with van der Waals surface area (Å²) in [5.41, 5.74) is 3.08. The third kappa shape index (κ3) is 3.87. The summed E-state index contributed by atoms with van der Waals surface area (Å²) in [6.45, 7) is 5.01. The summed E-state index contributed by atoms with van der Waals surface area (Å²) < 4.78 is 7.40. The molecule has 1 saturated carbocycles. The van der Waals surface area contributed by atoms with Crippen LogP contribution in [-0.2, 0) is 11.3 Å². The van der Waals surface area contributed by atoms with E-state index in [0.717, 1.165) is 18.0 Å². The van der Waals surface area contributed by atoms with Crippen molar-refractivity contribution in [1.29, 1.82) is 0 Å². The summed E-state index contributed by atoms with van der Waals surface area (Å²) >= 11 is 0. The van der Waals surface area contributed by atoms with Gasteiger partial charge in [-0.25, -0.2) is 0 Å². The molecule has 5 nitrogen and oxygen atoms in total. The van der Waals surface area contributed by atoms with Crippen LogP contribution in [0.4, 0.5) is 5.69 Å². The van der Waals surface area contributed by atoms with Crippen molar-refractivity contribution in [2.75, 3.05) is 11.9 Å². The number of benzene rings is 1. The van der Waals surface area contributed by atoms with Gasteiger partial charge in [-0.05, 0) is 55.9 Å². The summed E-state index contributed by atoms with van der Waals surface area (Å²) in [5.74, 6) is 1.29. The van der Waals surface area contributed by atoms with Crippen LogP contribution >= 0.6 is 0 Å². The minimum atomic E-state index is -0.177. The third-order valence-corrected chi connectivity index (χ3v) is 3.91. The standard InChI is InChI=1S/C17H21N3O2/c1-12-3-6-16(7-13(12)2)22-11-17(21)19-15-8-18-20(10-15)9-14-4-5-14/h3,6-8,10,14H,4-5,9,11H2,1-2H3,(H,19,21). The summed E-state index contributed by atoms with van der Waals surface area (Å²) in [6, 6.07) is 5.81. The molecule has 1 aromatic carbocycles. The second-order valence-electron chi connectivity index (χ2n) is 5.98. The number of nitrogens with zero attached hydrogens (tertiary/aromatic N) is 2. The lowest BCUT2D eigenvalue weighted by molar-refractivity contribution is -0.118. The van der Waals surface area contributed by atoms with E-state index >= 15 is 0 Å². The maximum atomic E-state index is 11.9. The van der Waals surface area contributed by atoms with Crippen LogP contribution in [0, 0.1) is 19.8 Å². The Bertz CT molecular complexity index is 674. The number of rotatable bonds is 6. The number of hydrogen-bond acceptors (Lipinski definition) is 3. The highest BCUT2D eigenvalue weighted by Gasteiger charge is 2.22. The predicted molar refractivity (Wildman–Crippen MR) is 85.0 cm³/mol. The second kappa shape index (κ2) is 6.22. The normalized spacial score (nSPS) is 13.9. The Labute approximate surface area is 130 Å². The van der Waals surface area contributed by atoms with E-state index in [4.69, 9.17) is 4.74 Å². The van der Waals surface area contributed by atoms with Crippen molar-refractivity contribution in [3.8, 4) is 5.75 Å². The molecule has 0 atom stereocenters. The van der Waals surface area contributed by atoms with Crippen molar-refractivity contribution < 1.29 is 9.53 Å². The van der Waals surface area contributed by atoms with Gasteiger partial charge in [0.25, 0.3) is 5.91 Å². The van der Waals surface area contributed by atoms with Crippen LogP contribution in [0.15, 0.2) is 30.6 Å². The molecule has 0 saturated heterocycles. The molecular weight excluding hydrogens is 278 g/mol. The molecule has 5 heteroatoms. The van der Waals surface area contributed by atoms with Gasteiger partial charge in [0.1, 0.15) is 5.75 Å². The number of nitrogens with one attached hydrogen (secondary N) is 1. The number of carbonyl (C=O) groups is 1. The molecule has 1 N–H and O–H groups in total. The number of anilines is 1. The molecule has 1 fully saturated rings. The van der Waals surface area contributed by atoms with Crippen molar-refractivity contribution in [3.63, 3.8) is 0 Å². The molecule has 0 spiro atoms. The Hall–Kier alpha value is -2.30. The first-order valence-corrected chi connectivity index (χ1v) is 7.62. The van der Waals surface area contributed by atoms with Crippen LogP contribution in [0.5, 0.6) is 5.75 Å². The smallest absolute Gasteiger partial charge is 0.262 e. The highest BCUT2D eigenvalue weighted by molar-refractivity contribution is 5.91. The SMILES string of the molecule is Cc1ccc(OCC(=O)Nc2cnn(CC3CC3)c2)cc1C. The Morgan fingerprint density at radius 1 is 1.36 bits per heavy atom. The maximum Gasteiger partial charge on any atom is 0.262 e. The zero-order valence-electron chi connectivity index (χ0n) is 13.0. The number of carbonyl (C=O) groups excluding carboxylic acids is 1. The molecule has 22 heavy (non-hydrogen) atoms. The second-order valence-corrected chi connectivity index (χ2v) is 5.98. The van der Waals surface area contributed by atoms with Gasteiger partial charge in [0, 0.05) is 12.7 Å². The fourth-order valence-corrected chi connectivity index (χ4v) is 2.24. The van der Waals surface area contributed by atoms with Gasteiger partial charge < -0.3 is 10.1 Å². The monoisotopic (exact) mass is 299 g/mol. The van der Waals surface area contributed by atoms with E-state index < -0.39 is 0 Å². The van der Waals surface area contributed by atoms with E-state index in [1.165, 1.54) is 18.4 Å². The molecule has 3 rings (SSSR count). The lowest BCUT2D eigenvalue weighted by Crippen LogP contribution is -2.19. The van der Waals surface area contributed by atoms with Crippen LogP contribution < -0.4 is 10.1 Å². The van der Waals surface area contributed by atoms with Crippen molar-refractivity contribution >= 4 is 11.6 Å². The van der Waals surface area contributed by atoms with Crippen LogP contribution in [0.1, 0.15) is 24.0 Å². The fraction of sp³-hybridized carbons (Fsp3) is 0.412. The molecular formula is C17H21N3O2. The van der Waals surface area contributed by atoms with Gasteiger partial charge >= 0.3 is 0 Å². The number of hydrogen-bond donors (Lipinski definition) is 1. The minimum absolute atomic E-state index is 0.00366. The number of amides is 1. The topological polar surface area (TPSA) is 56.1 Å². The van der Waals surface area contributed by atoms with E-state index in [2.05, 4.69) is 10.4 Å². The summed E-state index contributed by atoms with van der Waals surface area (Å²) in [5, 5.41) is 7.06. The van der Waals surface area contributed by atoms with Gasteiger partial charge in [-0.3, -0.25) is 9.48 Å². The number of aryl methyl sites for hydroxylation is 2. The number of aromatic nitrogens is 2. The summed E-state index contributed by atoms with van der Waals surface area (Å²) in [6.07, 6.45) is 6.11. The van der Waals surface area contributed by atoms with E-state index in [1.54, 1.807) is 6.20 Å². The van der Waals surface area contributed by atoms with Gasteiger partial charge in [0.15, 0.2) is 6.61 Å². The first kappa shape index (κ1) is 14.6. The molecule has 1 amide bonds.